The molecule has 0 fully saturated rings. The van der Waals surface area contributed by atoms with E-state index >= 15 is 0 Å². The largest absolute Gasteiger partial charge is 0.322 e. The Morgan fingerprint density at radius 3 is 2.45 bits per heavy atom. The minimum atomic E-state index is -3.94. The van der Waals surface area contributed by atoms with Crippen molar-refractivity contribution in [3.8, 4) is 6.07 Å². The van der Waals surface area contributed by atoms with E-state index in [1.165, 1.54) is 31.2 Å². The topological polar surface area (TPSA) is 83.9 Å². The van der Waals surface area contributed by atoms with Crippen LogP contribution in [0.1, 0.15) is 25.3 Å². The van der Waals surface area contributed by atoms with Crippen molar-refractivity contribution < 1.29 is 17.2 Å². The Balaban J connectivity index is 3.13. The van der Waals surface area contributed by atoms with Crippen molar-refractivity contribution in [3.05, 3.63) is 34.1 Å². The van der Waals surface area contributed by atoms with Gasteiger partial charge in [0.25, 0.3) is 0 Å². The lowest BCUT2D eigenvalue weighted by molar-refractivity contribution is 0.352. The van der Waals surface area contributed by atoms with Gasteiger partial charge in [-0.3, -0.25) is 0 Å². The number of sulfone groups is 1. The van der Waals surface area contributed by atoms with Crippen molar-refractivity contribution in [1.82, 2.24) is 0 Å². The quantitative estimate of drug-likeness (QED) is 0.803. The Hall–Kier alpha value is -1.04. The Labute approximate surface area is 137 Å². The maximum atomic E-state index is 13.9. The fraction of sp³-hybridized carbons (Fsp3) is 0.500. The van der Waals surface area contributed by atoms with Gasteiger partial charge in [-0.15, -0.1) is 0 Å². The van der Waals surface area contributed by atoms with E-state index in [-0.39, 0.29) is 18.4 Å². The van der Waals surface area contributed by atoms with E-state index in [9.17, 15) is 17.2 Å². The van der Waals surface area contributed by atoms with Crippen LogP contribution in [-0.2, 0) is 15.4 Å². The fourth-order valence-electron chi connectivity index (χ4n) is 2.05. The Morgan fingerprint density at radius 1 is 1.41 bits per heavy atom. The molecule has 1 unspecified atom stereocenters. The van der Waals surface area contributed by atoms with Gasteiger partial charge in [0.15, 0.2) is 14.6 Å². The van der Waals surface area contributed by atoms with Gasteiger partial charge in [-0.1, -0.05) is 15.9 Å². The van der Waals surface area contributed by atoms with Crippen molar-refractivity contribution in [3.63, 3.8) is 0 Å². The molecule has 8 heteroatoms. The molecule has 0 aromatic heterocycles. The van der Waals surface area contributed by atoms with Gasteiger partial charge in [0.1, 0.15) is 12.5 Å². The van der Waals surface area contributed by atoms with Gasteiger partial charge in [-0.2, -0.15) is 5.26 Å². The van der Waals surface area contributed by atoms with Crippen LogP contribution in [0.5, 0.6) is 0 Å². The second-order valence-corrected chi connectivity index (χ2v) is 8.80. The number of halogens is 3. The smallest absolute Gasteiger partial charge is 0.186 e. The number of nitriles is 1. The molecule has 4 nitrogen and oxygen atoms in total. The number of nitrogens with zero attached hydrogens (tertiary/aromatic N) is 1. The van der Waals surface area contributed by atoms with Crippen LogP contribution in [0.3, 0.4) is 0 Å². The standard InChI is InChI=1S/C14H17BrF2N2O2S/c1-13(19,11-7-10(15)3-4-12(11)17)5-6-14(8-16,9-18)22(2,20)21/h3-4,7H,5-6,8,19H2,1-2H3/t13-,14?/m0/s1. The molecule has 0 saturated heterocycles. The molecule has 0 aliphatic rings. The second kappa shape index (κ2) is 6.60. The van der Waals surface area contributed by atoms with E-state index in [0.29, 0.717) is 4.47 Å². The van der Waals surface area contributed by atoms with E-state index in [4.69, 9.17) is 11.0 Å². The lowest BCUT2D eigenvalue weighted by Crippen LogP contribution is -2.43. The third kappa shape index (κ3) is 3.83. The molecule has 0 spiro atoms. The first-order valence-corrected chi connectivity index (χ1v) is 9.09. The summed E-state index contributed by atoms with van der Waals surface area (Å²) in [5.41, 5.74) is 5.01. The van der Waals surface area contributed by atoms with Gasteiger partial charge in [-0.05, 0) is 38.0 Å². The summed E-state index contributed by atoms with van der Waals surface area (Å²) < 4.78 is 49.0. The number of hydrogen-bond donors (Lipinski definition) is 1. The first-order chi connectivity index (χ1) is 9.99. The maximum Gasteiger partial charge on any atom is 0.186 e. The molecule has 22 heavy (non-hydrogen) atoms. The first-order valence-electron chi connectivity index (χ1n) is 6.40. The summed E-state index contributed by atoms with van der Waals surface area (Å²) in [5.74, 6) is -0.546. The molecule has 0 amide bonds. The number of nitrogens with two attached hydrogens (primary N) is 1. The molecule has 0 radical (unpaired) electrons. The Morgan fingerprint density at radius 2 is 2.00 bits per heavy atom. The number of rotatable bonds is 6. The molecule has 2 N–H and O–H groups in total. The molecular formula is C14H17BrF2N2O2S. The Kier molecular flexibility index (Phi) is 5.71. The van der Waals surface area contributed by atoms with Crippen molar-refractivity contribution in [1.29, 1.82) is 5.26 Å². The van der Waals surface area contributed by atoms with Gasteiger partial charge in [0.05, 0.1) is 6.07 Å². The SMILES string of the molecule is C[C@](N)(CCC(C#N)(CF)S(C)(=O)=O)c1cc(Br)ccc1F. The molecule has 1 aromatic rings. The van der Waals surface area contributed by atoms with Gasteiger partial charge in [-0.25, -0.2) is 17.2 Å². The average molecular weight is 395 g/mol. The van der Waals surface area contributed by atoms with Crippen molar-refractivity contribution in [2.24, 2.45) is 5.73 Å². The van der Waals surface area contributed by atoms with Crippen LogP contribution in [0.25, 0.3) is 0 Å². The van der Waals surface area contributed by atoms with Crippen molar-refractivity contribution >= 4 is 25.8 Å². The third-order valence-electron chi connectivity index (χ3n) is 3.72. The summed E-state index contributed by atoms with van der Waals surface area (Å²) >= 11 is 3.21. The zero-order valence-corrected chi connectivity index (χ0v) is 14.6. The van der Waals surface area contributed by atoms with E-state index in [1.807, 2.05) is 0 Å². The van der Waals surface area contributed by atoms with E-state index in [2.05, 4.69) is 15.9 Å². The maximum absolute atomic E-state index is 13.9. The van der Waals surface area contributed by atoms with Gasteiger partial charge >= 0.3 is 0 Å². The summed E-state index contributed by atoms with van der Waals surface area (Å²) in [4.78, 5) is 0. The molecule has 0 aliphatic heterocycles. The van der Waals surface area contributed by atoms with Gasteiger partial charge in [0.2, 0.25) is 0 Å². The molecule has 0 heterocycles. The molecule has 0 bridgehead atoms. The molecule has 1 aromatic carbocycles. The molecular weight excluding hydrogens is 378 g/mol. The van der Waals surface area contributed by atoms with Gasteiger partial charge < -0.3 is 5.73 Å². The van der Waals surface area contributed by atoms with Crippen LogP contribution in [0.4, 0.5) is 8.78 Å². The van der Waals surface area contributed by atoms with E-state index < -0.39 is 32.6 Å². The highest BCUT2D eigenvalue weighted by molar-refractivity contribution is 9.10. The minimum absolute atomic E-state index is 0.0646. The minimum Gasteiger partial charge on any atom is -0.322 e. The van der Waals surface area contributed by atoms with E-state index in [0.717, 1.165) is 6.26 Å². The van der Waals surface area contributed by atoms with Crippen LogP contribution < -0.4 is 5.73 Å². The number of hydrogen-bond acceptors (Lipinski definition) is 4. The lowest BCUT2D eigenvalue weighted by Gasteiger charge is -2.30. The molecule has 122 valence electrons. The Bertz CT molecular complexity index is 701. The van der Waals surface area contributed by atoms with E-state index in [1.54, 1.807) is 0 Å². The summed E-state index contributed by atoms with van der Waals surface area (Å²) in [7, 11) is -3.94. The van der Waals surface area contributed by atoms with Crippen LogP contribution in [0.15, 0.2) is 22.7 Å². The second-order valence-electron chi connectivity index (χ2n) is 5.55. The van der Waals surface area contributed by atoms with Crippen LogP contribution in [-0.4, -0.2) is 26.1 Å². The summed E-state index contributed by atoms with van der Waals surface area (Å²) in [6.07, 6.45) is 0.423. The van der Waals surface area contributed by atoms with Crippen LogP contribution >= 0.6 is 15.9 Å². The summed E-state index contributed by atoms with van der Waals surface area (Å²) in [5, 5.41) is 9.09. The van der Waals surface area contributed by atoms with Crippen LogP contribution in [0, 0.1) is 17.1 Å². The highest BCUT2D eigenvalue weighted by Crippen LogP contribution is 2.33. The predicted octanol–water partition coefficient (Wildman–Crippen LogP) is 2.82. The molecule has 2 atom stereocenters. The fourth-order valence-corrected chi connectivity index (χ4v) is 3.25. The molecule has 0 aliphatic carbocycles. The predicted molar refractivity (Wildman–Crippen MR) is 84.0 cm³/mol. The molecule has 1 rings (SSSR count). The third-order valence-corrected chi connectivity index (χ3v) is 6.04. The summed E-state index contributed by atoms with van der Waals surface area (Å²) in [6, 6.07) is 5.76. The highest BCUT2D eigenvalue weighted by atomic mass is 79.9. The number of alkyl halides is 1. The summed E-state index contributed by atoms with van der Waals surface area (Å²) in [6.45, 7) is 0.180. The average Bonchev–Trinajstić information content (AvgIpc) is 2.41. The van der Waals surface area contributed by atoms with Crippen LogP contribution in [0.2, 0.25) is 0 Å². The van der Waals surface area contributed by atoms with Crippen molar-refractivity contribution in [2.75, 3.05) is 12.9 Å². The lowest BCUT2D eigenvalue weighted by atomic mass is 9.85. The zero-order valence-electron chi connectivity index (χ0n) is 12.2. The van der Waals surface area contributed by atoms with Gasteiger partial charge in [0, 0.05) is 21.8 Å². The zero-order chi connectivity index (χ0) is 17.2. The highest BCUT2D eigenvalue weighted by Gasteiger charge is 2.43. The normalized spacial score (nSPS) is 17.3. The van der Waals surface area contributed by atoms with Crippen molar-refractivity contribution in [2.45, 2.75) is 30.1 Å². The molecule has 0 saturated carbocycles. The first kappa shape index (κ1) is 19.0. The number of benzene rings is 1. The monoisotopic (exact) mass is 394 g/mol.